The van der Waals surface area contributed by atoms with E-state index >= 15 is 0 Å². The third-order valence-corrected chi connectivity index (χ3v) is 6.89. The van der Waals surface area contributed by atoms with Crippen molar-refractivity contribution in [1.82, 2.24) is 24.5 Å². The summed E-state index contributed by atoms with van der Waals surface area (Å²) in [5.74, 6) is 0.544. The number of alkyl halides is 1. The number of anilines is 3. The fourth-order valence-corrected chi connectivity index (χ4v) is 4.76. The number of pyridine rings is 1. The smallest absolute Gasteiger partial charge is 0.274 e. The fraction of sp³-hybridized carbons (Fsp3) is 0.478. The molecule has 2 atom stereocenters. The van der Waals surface area contributed by atoms with Gasteiger partial charge in [0.1, 0.15) is 29.1 Å². The van der Waals surface area contributed by atoms with Crippen LogP contribution < -0.4 is 21.5 Å². The number of nitrogens with zero attached hydrogens (tertiary/aromatic N) is 4. The molecule has 2 saturated carbocycles. The van der Waals surface area contributed by atoms with Gasteiger partial charge in [-0.25, -0.2) is 9.37 Å². The predicted molar refractivity (Wildman–Crippen MR) is 125 cm³/mol. The molecule has 11 heteroatoms. The zero-order valence-corrected chi connectivity index (χ0v) is 19.1. The number of carbonyl (C=O) groups is 1. The van der Waals surface area contributed by atoms with Crippen molar-refractivity contribution in [1.29, 1.82) is 0 Å². The van der Waals surface area contributed by atoms with Crippen molar-refractivity contribution in [2.24, 2.45) is 0 Å². The molecule has 10 nitrogen and oxygen atoms in total. The van der Waals surface area contributed by atoms with E-state index in [1.165, 1.54) is 10.7 Å². The van der Waals surface area contributed by atoms with Crippen molar-refractivity contribution in [2.75, 3.05) is 17.7 Å². The van der Waals surface area contributed by atoms with Crippen LogP contribution in [0, 0.1) is 0 Å². The summed E-state index contributed by atoms with van der Waals surface area (Å²) >= 11 is 0. The second kappa shape index (κ2) is 8.39. The first-order valence-electron chi connectivity index (χ1n) is 11.5. The minimum atomic E-state index is -0.954. The van der Waals surface area contributed by atoms with Crippen molar-refractivity contribution in [3.8, 4) is 0 Å². The predicted octanol–water partition coefficient (Wildman–Crippen LogP) is 2.38. The number of hydrogen-bond donors (Lipinski definition) is 4. The molecule has 34 heavy (non-hydrogen) atoms. The SMILES string of the molecule is CNc1cc(Nc2cccn([C@H]3C[C@H](F)C3)c2=O)nc2c(C(=O)N[C@@H]3CCC[C@@]3(C)O)cnn12. The first kappa shape index (κ1) is 22.3. The quantitative estimate of drug-likeness (QED) is 0.437. The topological polar surface area (TPSA) is 126 Å². The fourth-order valence-electron chi connectivity index (χ4n) is 4.76. The molecule has 180 valence electrons. The number of fused-ring (bicyclic) bond motifs is 1. The van der Waals surface area contributed by atoms with Crippen LogP contribution in [0.3, 0.4) is 0 Å². The van der Waals surface area contributed by atoms with E-state index in [1.807, 2.05) is 0 Å². The Bertz CT molecular complexity index is 1300. The van der Waals surface area contributed by atoms with Gasteiger partial charge in [0.2, 0.25) is 0 Å². The van der Waals surface area contributed by atoms with Crippen molar-refractivity contribution in [3.63, 3.8) is 0 Å². The van der Waals surface area contributed by atoms with Gasteiger partial charge in [-0.1, -0.05) is 0 Å². The minimum Gasteiger partial charge on any atom is -0.388 e. The van der Waals surface area contributed by atoms with E-state index in [4.69, 9.17) is 0 Å². The second-order valence-electron chi connectivity index (χ2n) is 9.33. The summed E-state index contributed by atoms with van der Waals surface area (Å²) in [6, 6.07) is 4.56. The normalized spacial score (nSPS) is 26.3. The highest BCUT2D eigenvalue weighted by molar-refractivity contribution is 6.00. The number of halogens is 1. The summed E-state index contributed by atoms with van der Waals surface area (Å²) in [6.07, 6.45) is 5.07. The standard InChI is InChI=1S/C23H28FN7O3/c1-23(34)7-3-6-17(23)28-21(32)15-12-26-31-19(25-2)11-18(29-20(15)31)27-16-5-4-8-30(22(16)33)14-9-13(24)10-14/h4-5,8,11-14,17,25,34H,3,6-7,9-10H2,1-2H3,(H,27,29)(H,28,32)/t13-,14-,17-,23-/m1/s1. The summed E-state index contributed by atoms with van der Waals surface area (Å²) in [7, 11) is 1.72. The van der Waals surface area contributed by atoms with Crippen LogP contribution in [-0.2, 0) is 0 Å². The Hall–Kier alpha value is -3.47. The Balaban J connectivity index is 1.46. The molecule has 0 aliphatic heterocycles. The van der Waals surface area contributed by atoms with Crippen LogP contribution >= 0.6 is 0 Å². The summed E-state index contributed by atoms with van der Waals surface area (Å²) < 4.78 is 16.4. The van der Waals surface area contributed by atoms with Crippen molar-refractivity contribution < 1.29 is 14.3 Å². The molecule has 1 amide bonds. The highest BCUT2D eigenvalue weighted by Gasteiger charge is 2.38. The van der Waals surface area contributed by atoms with Gasteiger partial charge in [-0.3, -0.25) is 9.59 Å². The first-order chi connectivity index (χ1) is 16.3. The lowest BCUT2D eigenvalue weighted by Crippen LogP contribution is -2.47. The molecular weight excluding hydrogens is 441 g/mol. The van der Waals surface area contributed by atoms with Crippen LogP contribution in [-0.4, -0.2) is 55.0 Å². The van der Waals surface area contributed by atoms with Gasteiger partial charge < -0.3 is 25.6 Å². The molecule has 2 fully saturated rings. The largest absolute Gasteiger partial charge is 0.388 e. The number of aromatic nitrogens is 4. The first-order valence-corrected chi connectivity index (χ1v) is 11.5. The summed E-state index contributed by atoms with van der Waals surface area (Å²) in [5.41, 5.74) is -0.347. The molecule has 0 unspecified atom stereocenters. The van der Waals surface area contributed by atoms with Gasteiger partial charge in [-0.15, -0.1) is 0 Å². The number of carbonyl (C=O) groups excluding carboxylic acids is 1. The lowest BCUT2D eigenvalue weighted by Gasteiger charge is -2.31. The number of amides is 1. The van der Waals surface area contributed by atoms with E-state index in [9.17, 15) is 19.1 Å². The number of hydrogen-bond acceptors (Lipinski definition) is 7. The van der Waals surface area contributed by atoms with Gasteiger partial charge in [0, 0.05) is 25.4 Å². The zero-order chi connectivity index (χ0) is 24.0. The maximum atomic E-state index is 13.3. The number of aliphatic hydroxyl groups is 1. The molecule has 3 heterocycles. The minimum absolute atomic E-state index is 0.148. The zero-order valence-electron chi connectivity index (χ0n) is 19.1. The summed E-state index contributed by atoms with van der Waals surface area (Å²) in [4.78, 5) is 30.5. The average Bonchev–Trinajstić information content (AvgIpc) is 3.35. The third kappa shape index (κ3) is 3.89. The van der Waals surface area contributed by atoms with E-state index in [1.54, 1.807) is 42.9 Å². The van der Waals surface area contributed by atoms with Gasteiger partial charge in [0.15, 0.2) is 5.65 Å². The van der Waals surface area contributed by atoms with Gasteiger partial charge >= 0.3 is 0 Å². The highest BCUT2D eigenvalue weighted by atomic mass is 19.1. The molecule has 0 saturated heterocycles. The Morgan fingerprint density at radius 1 is 1.35 bits per heavy atom. The van der Waals surface area contributed by atoms with Gasteiger partial charge in [0.25, 0.3) is 11.5 Å². The van der Waals surface area contributed by atoms with E-state index in [0.29, 0.717) is 48.7 Å². The van der Waals surface area contributed by atoms with E-state index in [2.05, 4.69) is 26.0 Å². The second-order valence-corrected chi connectivity index (χ2v) is 9.33. The molecule has 0 radical (unpaired) electrons. The van der Waals surface area contributed by atoms with E-state index in [0.717, 1.165) is 6.42 Å². The monoisotopic (exact) mass is 469 g/mol. The Morgan fingerprint density at radius 3 is 2.82 bits per heavy atom. The average molecular weight is 470 g/mol. The van der Waals surface area contributed by atoms with E-state index < -0.39 is 11.8 Å². The summed E-state index contributed by atoms with van der Waals surface area (Å²) in [6.45, 7) is 1.73. The van der Waals surface area contributed by atoms with Crippen molar-refractivity contribution in [2.45, 2.75) is 62.9 Å². The Morgan fingerprint density at radius 2 is 2.15 bits per heavy atom. The maximum absolute atomic E-state index is 13.3. The molecule has 4 N–H and O–H groups in total. The molecule has 3 aromatic rings. The molecule has 0 aromatic carbocycles. The third-order valence-electron chi connectivity index (χ3n) is 6.89. The van der Waals surface area contributed by atoms with Crippen LogP contribution in [0.5, 0.6) is 0 Å². The van der Waals surface area contributed by atoms with Gasteiger partial charge in [0.05, 0.1) is 17.8 Å². The molecule has 5 rings (SSSR count). The number of rotatable bonds is 6. The molecule has 2 aliphatic rings. The van der Waals surface area contributed by atoms with E-state index in [-0.39, 0.29) is 29.1 Å². The van der Waals surface area contributed by atoms with Crippen molar-refractivity contribution in [3.05, 3.63) is 46.5 Å². The molecule has 0 spiro atoms. The van der Waals surface area contributed by atoms with Crippen LogP contribution in [0.25, 0.3) is 5.65 Å². The van der Waals surface area contributed by atoms with Gasteiger partial charge in [-0.05, 0) is 51.2 Å². The molecule has 2 aliphatic carbocycles. The summed E-state index contributed by atoms with van der Waals surface area (Å²) in [5, 5.41) is 23.8. The molecule has 3 aromatic heterocycles. The lowest BCUT2D eigenvalue weighted by atomic mass is 9.90. The Kier molecular flexibility index (Phi) is 5.51. The van der Waals surface area contributed by atoms with Crippen LogP contribution in [0.2, 0.25) is 0 Å². The van der Waals surface area contributed by atoms with Crippen molar-refractivity contribution >= 4 is 28.9 Å². The highest BCUT2D eigenvalue weighted by Crippen LogP contribution is 2.34. The van der Waals surface area contributed by atoms with Gasteiger partial charge in [-0.2, -0.15) is 9.61 Å². The molecular formula is C23H28FN7O3. The lowest BCUT2D eigenvalue weighted by molar-refractivity contribution is 0.0368. The van der Waals surface area contributed by atoms with Crippen LogP contribution in [0.4, 0.5) is 21.7 Å². The maximum Gasteiger partial charge on any atom is 0.274 e. The number of nitrogens with one attached hydrogen (secondary N) is 3. The Labute approximate surface area is 195 Å². The van der Waals surface area contributed by atoms with Crippen LogP contribution in [0.15, 0.2) is 35.4 Å². The molecule has 0 bridgehead atoms. The van der Waals surface area contributed by atoms with Crippen LogP contribution in [0.1, 0.15) is 55.4 Å².